The first kappa shape index (κ1) is 20.2. The molecule has 0 atom stereocenters. The van der Waals surface area contributed by atoms with Crippen molar-refractivity contribution in [3.8, 4) is 17.2 Å². The smallest absolute Gasteiger partial charge is 0.237 e. The molecule has 1 aliphatic heterocycles. The SMILES string of the molecule is COc1ccc(-c2nc(CN3CCN(Cc4ccc(C)cc4)C(=O)C3)c(C)o2)cc1. The second kappa shape index (κ2) is 8.71. The van der Waals surface area contributed by atoms with Gasteiger partial charge >= 0.3 is 0 Å². The van der Waals surface area contributed by atoms with Gasteiger partial charge in [0, 0.05) is 31.7 Å². The van der Waals surface area contributed by atoms with Crippen LogP contribution in [0.4, 0.5) is 0 Å². The van der Waals surface area contributed by atoms with Crippen molar-refractivity contribution in [2.45, 2.75) is 26.9 Å². The third-order valence-corrected chi connectivity index (χ3v) is 5.49. The van der Waals surface area contributed by atoms with Gasteiger partial charge in [0.25, 0.3) is 0 Å². The fourth-order valence-corrected chi connectivity index (χ4v) is 3.62. The molecule has 0 N–H and O–H groups in total. The summed E-state index contributed by atoms with van der Waals surface area (Å²) in [5.74, 6) is 2.33. The first-order chi connectivity index (χ1) is 14.5. The van der Waals surface area contributed by atoms with E-state index in [0.717, 1.165) is 35.9 Å². The van der Waals surface area contributed by atoms with Gasteiger partial charge in [0.1, 0.15) is 11.5 Å². The van der Waals surface area contributed by atoms with E-state index in [1.807, 2.05) is 36.1 Å². The van der Waals surface area contributed by atoms with E-state index in [0.29, 0.717) is 25.5 Å². The Balaban J connectivity index is 1.38. The molecule has 156 valence electrons. The normalized spacial score (nSPS) is 14.9. The first-order valence-electron chi connectivity index (χ1n) is 10.2. The minimum atomic E-state index is 0.151. The van der Waals surface area contributed by atoms with E-state index in [9.17, 15) is 4.79 Å². The van der Waals surface area contributed by atoms with Crippen LogP contribution in [0.25, 0.3) is 11.5 Å². The molecule has 0 saturated carbocycles. The van der Waals surface area contributed by atoms with Crippen molar-refractivity contribution in [3.63, 3.8) is 0 Å². The highest BCUT2D eigenvalue weighted by Crippen LogP contribution is 2.25. The Morgan fingerprint density at radius 1 is 1.00 bits per heavy atom. The third-order valence-electron chi connectivity index (χ3n) is 5.49. The monoisotopic (exact) mass is 405 g/mol. The van der Waals surface area contributed by atoms with E-state index in [4.69, 9.17) is 9.15 Å². The zero-order valence-electron chi connectivity index (χ0n) is 17.7. The Morgan fingerprint density at radius 2 is 1.73 bits per heavy atom. The number of ether oxygens (including phenoxy) is 1. The molecule has 2 aromatic carbocycles. The minimum Gasteiger partial charge on any atom is -0.497 e. The Kier molecular flexibility index (Phi) is 5.86. The Morgan fingerprint density at radius 3 is 2.40 bits per heavy atom. The molecule has 0 spiro atoms. The predicted octanol–water partition coefficient (Wildman–Crippen LogP) is 3.81. The lowest BCUT2D eigenvalue weighted by molar-refractivity contribution is -0.136. The van der Waals surface area contributed by atoms with E-state index < -0.39 is 0 Å². The Bertz CT molecular complexity index is 1010. The Labute approximate surface area is 177 Å². The molecule has 2 heterocycles. The van der Waals surface area contributed by atoms with Crippen molar-refractivity contribution in [2.24, 2.45) is 0 Å². The largest absolute Gasteiger partial charge is 0.497 e. The fraction of sp³-hybridized carbons (Fsp3) is 0.333. The van der Waals surface area contributed by atoms with Gasteiger partial charge in [0.15, 0.2) is 0 Å². The third kappa shape index (κ3) is 4.54. The van der Waals surface area contributed by atoms with Gasteiger partial charge in [-0.2, -0.15) is 0 Å². The molecule has 4 rings (SSSR count). The maximum atomic E-state index is 12.7. The van der Waals surface area contributed by atoms with Crippen molar-refractivity contribution in [1.29, 1.82) is 0 Å². The van der Waals surface area contributed by atoms with Crippen LogP contribution < -0.4 is 4.74 Å². The standard InChI is InChI=1S/C24H27N3O3/c1-17-4-6-19(7-5-17)14-27-13-12-26(16-23(27)28)15-22-18(2)30-24(25-22)20-8-10-21(29-3)11-9-20/h4-11H,12-16H2,1-3H3. The molecule has 30 heavy (non-hydrogen) atoms. The fourth-order valence-electron chi connectivity index (χ4n) is 3.62. The summed E-state index contributed by atoms with van der Waals surface area (Å²) in [6.07, 6.45) is 0. The number of nitrogens with zero attached hydrogens (tertiary/aromatic N) is 3. The number of aryl methyl sites for hydroxylation is 2. The molecule has 3 aromatic rings. The zero-order valence-corrected chi connectivity index (χ0v) is 17.7. The highest BCUT2D eigenvalue weighted by atomic mass is 16.5. The van der Waals surface area contributed by atoms with Crippen LogP contribution in [0, 0.1) is 13.8 Å². The Hall–Kier alpha value is -3.12. The summed E-state index contributed by atoms with van der Waals surface area (Å²) in [5.41, 5.74) is 4.18. The van der Waals surface area contributed by atoms with Gasteiger partial charge in [-0.25, -0.2) is 4.98 Å². The number of carbonyl (C=O) groups is 1. The summed E-state index contributed by atoms with van der Waals surface area (Å²) in [6, 6.07) is 16.0. The van der Waals surface area contributed by atoms with Crippen LogP contribution in [0.5, 0.6) is 5.75 Å². The van der Waals surface area contributed by atoms with Gasteiger partial charge in [-0.1, -0.05) is 29.8 Å². The highest BCUT2D eigenvalue weighted by Gasteiger charge is 2.25. The lowest BCUT2D eigenvalue weighted by Crippen LogP contribution is -2.49. The van der Waals surface area contributed by atoms with Crippen LogP contribution in [0.1, 0.15) is 22.6 Å². The molecular formula is C24H27N3O3. The molecule has 1 fully saturated rings. The van der Waals surface area contributed by atoms with Crippen molar-refractivity contribution >= 4 is 5.91 Å². The number of methoxy groups -OCH3 is 1. The summed E-state index contributed by atoms with van der Waals surface area (Å²) >= 11 is 0. The lowest BCUT2D eigenvalue weighted by Gasteiger charge is -2.34. The average Bonchev–Trinajstić information content (AvgIpc) is 3.12. The highest BCUT2D eigenvalue weighted by molar-refractivity contribution is 5.79. The molecular weight excluding hydrogens is 378 g/mol. The first-order valence-corrected chi connectivity index (χ1v) is 10.2. The number of benzene rings is 2. The lowest BCUT2D eigenvalue weighted by atomic mass is 10.1. The number of carbonyl (C=O) groups excluding carboxylic acids is 1. The van der Waals surface area contributed by atoms with Crippen LogP contribution in [-0.2, 0) is 17.9 Å². The topological polar surface area (TPSA) is 58.8 Å². The number of hydrogen-bond donors (Lipinski definition) is 0. The minimum absolute atomic E-state index is 0.151. The summed E-state index contributed by atoms with van der Waals surface area (Å²) in [7, 11) is 1.64. The van der Waals surface area contributed by atoms with Crippen LogP contribution >= 0.6 is 0 Å². The van der Waals surface area contributed by atoms with Crippen LogP contribution in [-0.4, -0.2) is 47.4 Å². The molecule has 1 saturated heterocycles. The number of oxazole rings is 1. The quantitative estimate of drug-likeness (QED) is 0.624. The van der Waals surface area contributed by atoms with Gasteiger partial charge in [0.2, 0.25) is 11.8 Å². The average molecular weight is 405 g/mol. The van der Waals surface area contributed by atoms with Crippen LogP contribution in [0.2, 0.25) is 0 Å². The molecule has 0 bridgehead atoms. The van der Waals surface area contributed by atoms with Gasteiger partial charge in [-0.3, -0.25) is 9.69 Å². The molecule has 1 aromatic heterocycles. The van der Waals surface area contributed by atoms with E-state index in [2.05, 4.69) is 41.1 Å². The summed E-state index contributed by atoms with van der Waals surface area (Å²) in [6.45, 7) is 7.20. The number of amides is 1. The number of aromatic nitrogens is 1. The zero-order chi connectivity index (χ0) is 21.1. The molecule has 0 unspecified atom stereocenters. The van der Waals surface area contributed by atoms with Crippen molar-refractivity contribution in [3.05, 3.63) is 71.1 Å². The molecule has 0 radical (unpaired) electrons. The second-order valence-electron chi connectivity index (χ2n) is 7.76. The van der Waals surface area contributed by atoms with Gasteiger partial charge in [0.05, 0.1) is 19.3 Å². The van der Waals surface area contributed by atoms with Crippen LogP contribution in [0.3, 0.4) is 0 Å². The molecule has 1 amide bonds. The molecule has 6 nitrogen and oxygen atoms in total. The van der Waals surface area contributed by atoms with Crippen molar-refractivity contribution in [2.75, 3.05) is 26.7 Å². The second-order valence-corrected chi connectivity index (χ2v) is 7.76. The van der Waals surface area contributed by atoms with Gasteiger partial charge in [-0.05, 0) is 43.7 Å². The number of rotatable bonds is 6. The predicted molar refractivity (Wildman–Crippen MR) is 115 cm³/mol. The maximum absolute atomic E-state index is 12.7. The van der Waals surface area contributed by atoms with Gasteiger partial charge < -0.3 is 14.1 Å². The van der Waals surface area contributed by atoms with Crippen molar-refractivity contribution < 1.29 is 13.9 Å². The molecule has 0 aliphatic carbocycles. The van der Waals surface area contributed by atoms with Crippen LogP contribution in [0.15, 0.2) is 52.9 Å². The van der Waals surface area contributed by atoms with E-state index in [-0.39, 0.29) is 5.91 Å². The van der Waals surface area contributed by atoms with E-state index >= 15 is 0 Å². The number of hydrogen-bond acceptors (Lipinski definition) is 5. The van der Waals surface area contributed by atoms with Crippen molar-refractivity contribution in [1.82, 2.24) is 14.8 Å². The van der Waals surface area contributed by atoms with E-state index in [1.54, 1.807) is 7.11 Å². The summed E-state index contributed by atoms with van der Waals surface area (Å²) in [4.78, 5) is 21.4. The summed E-state index contributed by atoms with van der Waals surface area (Å²) in [5, 5.41) is 0. The van der Waals surface area contributed by atoms with E-state index in [1.165, 1.54) is 11.1 Å². The molecule has 1 aliphatic rings. The molecule has 6 heteroatoms. The van der Waals surface area contributed by atoms with Gasteiger partial charge in [-0.15, -0.1) is 0 Å². The summed E-state index contributed by atoms with van der Waals surface area (Å²) < 4.78 is 11.1. The number of piperazine rings is 1. The maximum Gasteiger partial charge on any atom is 0.237 e.